The van der Waals surface area contributed by atoms with Crippen LogP contribution in [0.5, 0.6) is 0 Å². The molecule has 0 N–H and O–H groups in total. The van der Waals surface area contributed by atoms with Crippen molar-refractivity contribution in [2.24, 2.45) is 0 Å². The van der Waals surface area contributed by atoms with Crippen LogP contribution < -0.4 is 4.90 Å². The Bertz CT molecular complexity index is 1310. The zero-order valence-corrected chi connectivity index (χ0v) is 21.0. The van der Waals surface area contributed by atoms with E-state index in [1.165, 1.54) is 0 Å². The number of hydrogen-bond acceptors (Lipinski definition) is 5. The zero-order valence-electron chi connectivity index (χ0n) is 18.6. The molecule has 1 aliphatic heterocycles. The van der Waals surface area contributed by atoms with E-state index >= 15 is 0 Å². The Balaban J connectivity index is 1.58. The molecule has 0 bridgehead atoms. The Morgan fingerprint density at radius 2 is 2.09 bits per heavy atom. The summed E-state index contributed by atoms with van der Waals surface area (Å²) in [5.41, 5.74) is 3.44. The summed E-state index contributed by atoms with van der Waals surface area (Å²) in [6, 6.07) is 8.86. The van der Waals surface area contributed by atoms with Gasteiger partial charge in [0, 0.05) is 34.7 Å². The Kier molecular flexibility index (Phi) is 6.01. The van der Waals surface area contributed by atoms with Gasteiger partial charge in [0.1, 0.15) is 23.4 Å². The third kappa shape index (κ3) is 3.97. The maximum Gasteiger partial charge on any atom is 0.193 e. The van der Waals surface area contributed by atoms with E-state index in [1.54, 1.807) is 6.26 Å². The van der Waals surface area contributed by atoms with Crippen molar-refractivity contribution in [3.63, 3.8) is 0 Å². The van der Waals surface area contributed by atoms with Crippen LogP contribution in [0, 0.1) is 0 Å². The standard InChI is InChI=1S/C25H25BrClN5O/c1-4-18-8-6-15(3)32(18)21-11-7-16(12-28-21)25-30-24-20(10-9-19(26)23(24)27)31(25)13-17-14-33-22(5-2)29-17/h4,7,9-12,14-15,18H,1,5-6,8,13H2,2-3H3/t15-,18-/m0/s1. The summed E-state index contributed by atoms with van der Waals surface area (Å²) in [6.07, 6.45) is 8.61. The summed E-state index contributed by atoms with van der Waals surface area (Å²) in [5, 5.41) is 0.589. The molecule has 2 atom stereocenters. The summed E-state index contributed by atoms with van der Waals surface area (Å²) in [5.74, 6) is 2.47. The van der Waals surface area contributed by atoms with E-state index < -0.39 is 0 Å². The zero-order chi connectivity index (χ0) is 23.1. The first-order valence-electron chi connectivity index (χ1n) is 11.1. The van der Waals surface area contributed by atoms with E-state index in [0.29, 0.717) is 23.7 Å². The number of oxazole rings is 1. The molecule has 0 radical (unpaired) electrons. The lowest BCUT2D eigenvalue weighted by Crippen LogP contribution is -2.33. The van der Waals surface area contributed by atoms with Gasteiger partial charge in [0.25, 0.3) is 0 Å². The first kappa shape index (κ1) is 22.2. The average Bonchev–Trinajstić information content (AvgIpc) is 3.54. The van der Waals surface area contributed by atoms with Crippen LogP contribution in [-0.4, -0.2) is 31.6 Å². The minimum Gasteiger partial charge on any atom is -0.449 e. The van der Waals surface area contributed by atoms with Crippen molar-refractivity contribution in [2.45, 2.75) is 51.7 Å². The van der Waals surface area contributed by atoms with Crippen molar-refractivity contribution in [2.75, 3.05) is 4.90 Å². The van der Waals surface area contributed by atoms with Crippen molar-refractivity contribution in [1.29, 1.82) is 0 Å². The maximum absolute atomic E-state index is 6.60. The predicted molar refractivity (Wildman–Crippen MR) is 136 cm³/mol. The van der Waals surface area contributed by atoms with Crippen molar-refractivity contribution < 1.29 is 4.42 Å². The largest absolute Gasteiger partial charge is 0.449 e. The first-order chi connectivity index (χ1) is 16.0. The van der Waals surface area contributed by atoms with Gasteiger partial charge in [-0.15, -0.1) is 6.58 Å². The second-order valence-corrected chi connectivity index (χ2v) is 9.61. The van der Waals surface area contributed by atoms with Crippen molar-refractivity contribution in [3.05, 3.63) is 70.5 Å². The van der Waals surface area contributed by atoms with Gasteiger partial charge < -0.3 is 13.9 Å². The van der Waals surface area contributed by atoms with E-state index in [2.05, 4.69) is 56.0 Å². The summed E-state index contributed by atoms with van der Waals surface area (Å²) >= 11 is 10.1. The smallest absolute Gasteiger partial charge is 0.193 e. The van der Waals surface area contributed by atoms with Gasteiger partial charge in [-0.3, -0.25) is 0 Å². The third-order valence-electron chi connectivity index (χ3n) is 6.29. The molecule has 1 aromatic carbocycles. The van der Waals surface area contributed by atoms with Crippen LogP contribution in [0.3, 0.4) is 0 Å². The highest BCUT2D eigenvalue weighted by molar-refractivity contribution is 9.10. The van der Waals surface area contributed by atoms with Crippen LogP contribution in [0.2, 0.25) is 5.02 Å². The Morgan fingerprint density at radius 1 is 1.24 bits per heavy atom. The highest BCUT2D eigenvalue weighted by Gasteiger charge is 2.29. The molecule has 4 aromatic rings. The van der Waals surface area contributed by atoms with E-state index in [9.17, 15) is 0 Å². The van der Waals surface area contributed by atoms with E-state index in [0.717, 1.165) is 63.6 Å². The molecule has 1 fully saturated rings. The van der Waals surface area contributed by atoms with Crippen LogP contribution in [0.4, 0.5) is 5.82 Å². The van der Waals surface area contributed by atoms with E-state index in [-0.39, 0.29) is 0 Å². The molecule has 170 valence electrons. The molecule has 6 nitrogen and oxygen atoms in total. The SMILES string of the molecule is C=C[C@H]1CC[C@H](C)N1c1ccc(-c2nc3c(Cl)c(Br)ccc3n2Cc2coc(CC)n2)cn1. The number of halogens is 2. The molecule has 1 aliphatic rings. The number of nitrogens with zero attached hydrogens (tertiary/aromatic N) is 5. The fourth-order valence-electron chi connectivity index (χ4n) is 4.58. The molecule has 1 saturated heterocycles. The topological polar surface area (TPSA) is 60.0 Å². The van der Waals surface area contributed by atoms with Gasteiger partial charge in [-0.05, 0) is 60.0 Å². The molecule has 33 heavy (non-hydrogen) atoms. The number of imidazole rings is 1. The van der Waals surface area contributed by atoms with Gasteiger partial charge in [0.2, 0.25) is 0 Å². The number of aromatic nitrogens is 4. The van der Waals surface area contributed by atoms with E-state index in [4.69, 9.17) is 26.0 Å². The van der Waals surface area contributed by atoms with Gasteiger partial charge >= 0.3 is 0 Å². The summed E-state index contributed by atoms with van der Waals surface area (Å²) in [4.78, 5) is 16.7. The molecule has 3 aromatic heterocycles. The fourth-order valence-corrected chi connectivity index (χ4v) is 5.10. The van der Waals surface area contributed by atoms with E-state index in [1.807, 2.05) is 31.3 Å². The molecule has 0 amide bonds. The number of rotatable bonds is 6. The normalized spacial score (nSPS) is 18.4. The molecule has 0 unspecified atom stereocenters. The first-order valence-corrected chi connectivity index (χ1v) is 12.3. The predicted octanol–water partition coefficient (Wildman–Crippen LogP) is 6.66. The number of fused-ring (bicyclic) bond motifs is 1. The van der Waals surface area contributed by atoms with Crippen LogP contribution in [0.25, 0.3) is 22.4 Å². The maximum atomic E-state index is 6.60. The molecule has 0 spiro atoms. The molecule has 8 heteroatoms. The molecule has 0 aliphatic carbocycles. The van der Waals surface area contributed by atoms with Crippen molar-refractivity contribution in [1.82, 2.24) is 19.5 Å². The minimum absolute atomic E-state index is 0.319. The molecule has 5 rings (SSSR count). The summed E-state index contributed by atoms with van der Waals surface area (Å²) in [6.45, 7) is 8.79. The summed E-state index contributed by atoms with van der Waals surface area (Å²) in [7, 11) is 0. The third-order valence-corrected chi connectivity index (χ3v) is 7.56. The van der Waals surface area contributed by atoms with Crippen LogP contribution in [0.15, 0.2) is 58.3 Å². The van der Waals surface area contributed by atoms with Crippen LogP contribution >= 0.6 is 27.5 Å². The lowest BCUT2D eigenvalue weighted by atomic mass is 10.2. The fraction of sp³-hybridized carbons (Fsp3) is 0.320. The lowest BCUT2D eigenvalue weighted by molar-refractivity contribution is 0.501. The number of anilines is 1. The van der Waals surface area contributed by atoms with Gasteiger partial charge in [-0.1, -0.05) is 24.6 Å². The van der Waals surface area contributed by atoms with Gasteiger partial charge in [0.15, 0.2) is 5.89 Å². The minimum atomic E-state index is 0.319. The highest BCUT2D eigenvalue weighted by Crippen LogP contribution is 2.35. The number of hydrogen-bond donors (Lipinski definition) is 0. The Labute approximate surface area is 206 Å². The molecule has 0 saturated carbocycles. The number of aryl methyl sites for hydroxylation is 1. The Hall–Kier alpha value is -2.64. The van der Waals surface area contributed by atoms with Gasteiger partial charge in [0.05, 0.1) is 22.8 Å². The van der Waals surface area contributed by atoms with Gasteiger partial charge in [-0.2, -0.15) is 0 Å². The Morgan fingerprint density at radius 3 is 2.79 bits per heavy atom. The number of benzene rings is 1. The van der Waals surface area contributed by atoms with Crippen LogP contribution in [0.1, 0.15) is 38.3 Å². The lowest BCUT2D eigenvalue weighted by Gasteiger charge is -2.27. The molecular formula is C25H25BrClN5O. The molecule has 4 heterocycles. The second kappa shape index (κ2) is 8.95. The average molecular weight is 527 g/mol. The highest BCUT2D eigenvalue weighted by atomic mass is 79.9. The van der Waals surface area contributed by atoms with Crippen LogP contribution in [-0.2, 0) is 13.0 Å². The quantitative estimate of drug-likeness (QED) is 0.263. The molecular weight excluding hydrogens is 502 g/mol. The van der Waals surface area contributed by atoms with Crippen molar-refractivity contribution >= 4 is 44.4 Å². The van der Waals surface area contributed by atoms with Crippen molar-refractivity contribution in [3.8, 4) is 11.4 Å². The second-order valence-electron chi connectivity index (χ2n) is 8.38. The summed E-state index contributed by atoms with van der Waals surface area (Å²) < 4.78 is 8.49. The number of pyridine rings is 1. The van der Waals surface area contributed by atoms with Gasteiger partial charge in [-0.25, -0.2) is 15.0 Å². The monoisotopic (exact) mass is 525 g/mol.